The van der Waals surface area contributed by atoms with E-state index in [1.54, 1.807) is 0 Å². The number of rotatable bonds is 1. The number of halogens is 3. The standard InChI is InChI=1S/C4H7Br3/c1-3(5)4(2,6)7/h3H,1-2H3/t3-/m1/s1. The molecule has 0 unspecified atom stereocenters. The Morgan fingerprint density at radius 1 is 1.43 bits per heavy atom. The minimum Gasteiger partial charge on any atom is -0.0869 e. The lowest BCUT2D eigenvalue weighted by Gasteiger charge is -2.15. The third-order valence-corrected chi connectivity index (χ3v) is 4.22. The Kier molecular flexibility index (Phi) is 3.41. The summed E-state index contributed by atoms with van der Waals surface area (Å²) in [6.45, 7) is 4.12. The molecule has 0 heterocycles. The van der Waals surface area contributed by atoms with Crippen molar-refractivity contribution < 1.29 is 0 Å². The summed E-state index contributed by atoms with van der Waals surface area (Å²) in [4.78, 5) is 0.444. The highest BCUT2D eigenvalue weighted by molar-refractivity contribution is 9.26. The second kappa shape index (κ2) is 2.83. The van der Waals surface area contributed by atoms with E-state index in [1.165, 1.54) is 0 Å². The molecule has 0 aliphatic rings. The average molecular weight is 295 g/mol. The van der Waals surface area contributed by atoms with Crippen molar-refractivity contribution in [1.29, 1.82) is 0 Å². The third-order valence-electron chi connectivity index (χ3n) is 0.698. The molecule has 0 aromatic carbocycles. The van der Waals surface area contributed by atoms with Gasteiger partial charge in [0.2, 0.25) is 0 Å². The quantitative estimate of drug-likeness (QED) is 0.651. The molecular formula is C4H7Br3. The van der Waals surface area contributed by atoms with E-state index < -0.39 is 0 Å². The van der Waals surface area contributed by atoms with Crippen LogP contribution in [0.3, 0.4) is 0 Å². The van der Waals surface area contributed by atoms with Crippen LogP contribution in [0.5, 0.6) is 0 Å². The molecule has 0 fully saturated rings. The Bertz CT molecular complexity index is 52.4. The van der Waals surface area contributed by atoms with Gasteiger partial charge in [0.15, 0.2) is 0 Å². The van der Waals surface area contributed by atoms with Gasteiger partial charge in [-0.05, 0) is 6.92 Å². The average Bonchev–Trinajstić information content (AvgIpc) is 1.31. The van der Waals surface area contributed by atoms with Gasteiger partial charge in [0.1, 0.15) is 0 Å². The maximum Gasteiger partial charge on any atom is 0.0899 e. The Labute approximate surface area is 69.4 Å². The lowest BCUT2D eigenvalue weighted by Crippen LogP contribution is -2.15. The molecule has 0 spiro atoms. The van der Waals surface area contributed by atoms with Gasteiger partial charge in [-0.15, -0.1) is 0 Å². The first-order valence-electron chi connectivity index (χ1n) is 1.96. The van der Waals surface area contributed by atoms with Gasteiger partial charge in [0.05, 0.1) is 3.23 Å². The molecule has 3 heteroatoms. The van der Waals surface area contributed by atoms with E-state index in [4.69, 9.17) is 0 Å². The van der Waals surface area contributed by atoms with Crippen LogP contribution in [0.2, 0.25) is 0 Å². The molecular weight excluding hydrogens is 288 g/mol. The van der Waals surface area contributed by atoms with Crippen LogP contribution in [0.1, 0.15) is 13.8 Å². The predicted octanol–water partition coefficient (Wildman–Crippen LogP) is 3.28. The van der Waals surface area contributed by atoms with Gasteiger partial charge >= 0.3 is 0 Å². The molecule has 0 aliphatic carbocycles. The molecule has 0 nitrogen and oxygen atoms in total. The summed E-state index contributed by atoms with van der Waals surface area (Å²) in [6.07, 6.45) is 0. The summed E-state index contributed by atoms with van der Waals surface area (Å²) in [5, 5.41) is 0. The first kappa shape index (κ1) is 8.44. The van der Waals surface area contributed by atoms with E-state index in [2.05, 4.69) is 54.7 Å². The summed E-state index contributed by atoms with van der Waals surface area (Å²) in [7, 11) is 0. The fourth-order valence-electron chi connectivity index (χ4n) is 0. The number of hydrogen-bond acceptors (Lipinski definition) is 0. The normalized spacial score (nSPS) is 16.7. The lowest BCUT2D eigenvalue weighted by atomic mass is 10.4. The van der Waals surface area contributed by atoms with Gasteiger partial charge in [-0.25, -0.2) is 0 Å². The number of alkyl halides is 3. The zero-order valence-electron chi connectivity index (χ0n) is 4.21. The summed E-state index contributed by atoms with van der Waals surface area (Å²) in [6, 6.07) is 0. The second-order valence-corrected chi connectivity index (χ2v) is 7.30. The molecule has 0 N–H and O–H groups in total. The monoisotopic (exact) mass is 292 g/mol. The Morgan fingerprint density at radius 2 is 1.57 bits per heavy atom. The largest absolute Gasteiger partial charge is 0.0899 e. The van der Waals surface area contributed by atoms with E-state index in [0.29, 0.717) is 4.83 Å². The van der Waals surface area contributed by atoms with E-state index in [-0.39, 0.29) is 3.23 Å². The van der Waals surface area contributed by atoms with Gasteiger partial charge in [-0.1, -0.05) is 54.7 Å². The molecule has 44 valence electrons. The Hall–Kier alpha value is 1.44. The molecule has 0 amide bonds. The second-order valence-electron chi connectivity index (χ2n) is 1.57. The molecule has 0 aromatic heterocycles. The van der Waals surface area contributed by atoms with Crippen LogP contribution in [0.15, 0.2) is 0 Å². The zero-order valence-corrected chi connectivity index (χ0v) is 8.97. The highest BCUT2D eigenvalue weighted by atomic mass is 79.9. The summed E-state index contributed by atoms with van der Waals surface area (Å²) >= 11 is 10.2. The molecule has 1 atom stereocenters. The Morgan fingerprint density at radius 3 is 1.57 bits per heavy atom. The van der Waals surface area contributed by atoms with Crippen LogP contribution < -0.4 is 0 Å². The summed E-state index contributed by atoms with van der Waals surface area (Å²) < 4.78 is 0.0417. The van der Waals surface area contributed by atoms with Crippen LogP contribution in [-0.2, 0) is 0 Å². The third kappa shape index (κ3) is 3.98. The molecule has 0 rings (SSSR count). The van der Waals surface area contributed by atoms with Crippen LogP contribution in [0, 0.1) is 0 Å². The zero-order chi connectivity index (χ0) is 6.08. The van der Waals surface area contributed by atoms with Crippen molar-refractivity contribution in [3.8, 4) is 0 Å². The summed E-state index contributed by atoms with van der Waals surface area (Å²) in [5.74, 6) is 0. The minimum absolute atomic E-state index is 0.0417. The molecule has 0 saturated heterocycles. The highest BCUT2D eigenvalue weighted by Crippen LogP contribution is 2.33. The molecule has 0 aliphatic heterocycles. The maximum atomic E-state index is 3.41. The van der Waals surface area contributed by atoms with Crippen molar-refractivity contribution in [2.75, 3.05) is 0 Å². The lowest BCUT2D eigenvalue weighted by molar-refractivity contribution is 0.914. The SMILES string of the molecule is C[C@@H](Br)C(C)(Br)Br. The topological polar surface area (TPSA) is 0 Å². The molecule has 0 radical (unpaired) electrons. The molecule has 0 bridgehead atoms. The van der Waals surface area contributed by atoms with Crippen LogP contribution in [0.25, 0.3) is 0 Å². The molecule has 0 aromatic rings. The van der Waals surface area contributed by atoms with E-state index >= 15 is 0 Å². The first-order valence-corrected chi connectivity index (χ1v) is 4.46. The van der Waals surface area contributed by atoms with Crippen LogP contribution in [-0.4, -0.2) is 8.06 Å². The van der Waals surface area contributed by atoms with E-state index in [9.17, 15) is 0 Å². The maximum absolute atomic E-state index is 3.41. The fraction of sp³-hybridized carbons (Fsp3) is 1.00. The fourth-order valence-corrected chi connectivity index (χ4v) is 0. The van der Waals surface area contributed by atoms with E-state index in [0.717, 1.165) is 0 Å². The Balaban J connectivity index is 3.54. The highest BCUT2D eigenvalue weighted by Gasteiger charge is 2.20. The van der Waals surface area contributed by atoms with Gasteiger partial charge in [0.25, 0.3) is 0 Å². The van der Waals surface area contributed by atoms with Crippen LogP contribution in [0.4, 0.5) is 0 Å². The van der Waals surface area contributed by atoms with Crippen molar-refractivity contribution >= 4 is 47.8 Å². The predicted molar refractivity (Wildman–Crippen MR) is 44.6 cm³/mol. The van der Waals surface area contributed by atoms with Gasteiger partial charge in [-0.3, -0.25) is 0 Å². The number of hydrogen-bond donors (Lipinski definition) is 0. The summed E-state index contributed by atoms with van der Waals surface area (Å²) in [5.41, 5.74) is 0. The van der Waals surface area contributed by atoms with Gasteiger partial charge < -0.3 is 0 Å². The minimum atomic E-state index is 0.0417. The first-order chi connectivity index (χ1) is 2.94. The smallest absolute Gasteiger partial charge is 0.0869 e. The van der Waals surface area contributed by atoms with Crippen LogP contribution >= 0.6 is 47.8 Å². The molecule has 7 heavy (non-hydrogen) atoms. The van der Waals surface area contributed by atoms with Gasteiger partial charge in [-0.2, -0.15) is 0 Å². The van der Waals surface area contributed by atoms with Gasteiger partial charge in [0, 0.05) is 4.83 Å². The van der Waals surface area contributed by atoms with E-state index in [1.807, 2.05) is 6.92 Å². The molecule has 0 saturated carbocycles. The van der Waals surface area contributed by atoms with Crippen molar-refractivity contribution in [3.63, 3.8) is 0 Å². The van der Waals surface area contributed by atoms with Crippen molar-refractivity contribution in [2.24, 2.45) is 0 Å². The van der Waals surface area contributed by atoms with Crippen molar-refractivity contribution in [1.82, 2.24) is 0 Å². The van der Waals surface area contributed by atoms with Crippen molar-refractivity contribution in [2.45, 2.75) is 21.9 Å². The van der Waals surface area contributed by atoms with Crippen molar-refractivity contribution in [3.05, 3.63) is 0 Å².